The zero-order chi connectivity index (χ0) is 26.6. The lowest BCUT2D eigenvalue weighted by molar-refractivity contribution is -0.385. The van der Waals surface area contributed by atoms with Crippen molar-refractivity contribution in [3.8, 4) is 0 Å². The molecular weight excluding hydrogens is 478 g/mol. The number of esters is 1. The fourth-order valence-corrected chi connectivity index (χ4v) is 3.66. The number of hydrogen-bond donors (Lipinski definition) is 2. The van der Waals surface area contributed by atoms with Crippen molar-refractivity contribution in [2.45, 2.75) is 31.5 Å². The van der Waals surface area contributed by atoms with Crippen LogP contribution >= 0.6 is 0 Å². The van der Waals surface area contributed by atoms with Crippen LogP contribution in [0, 0.1) is 10.1 Å². The molecule has 0 aliphatic heterocycles. The van der Waals surface area contributed by atoms with Crippen molar-refractivity contribution in [3.63, 3.8) is 0 Å². The van der Waals surface area contributed by atoms with Crippen molar-refractivity contribution >= 4 is 23.7 Å². The highest BCUT2D eigenvalue weighted by Gasteiger charge is 2.30. The summed E-state index contributed by atoms with van der Waals surface area (Å²) in [5.74, 6) is -1.45. The highest BCUT2D eigenvalue weighted by Crippen LogP contribution is 2.20. The molecule has 2 N–H and O–H groups in total. The van der Waals surface area contributed by atoms with Gasteiger partial charge in [-0.2, -0.15) is 0 Å². The molecule has 3 aromatic rings. The van der Waals surface area contributed by atoms with Crippen molar-refractivity contribution in [1.29, 1.82) is 0 Å². The van der Waals surface area contributed by atoms with Gasteiger partial charge in [-0.05, 0) is 11.1 Å². The topological polar surface area (TPSA) is 137 Å². The van der Waals surface area contributed by atoms with E-state index in [1.807, 2.05) is 24.3 Å². The maximum atomic E-state index is 13.3. The minimum atomic E-state index is -1.22. The average molecular weight is 506 g/mol. The van der Waals surface area contributed by atoms with E-state index >= 15 is 0 Å². The Labute approximate surface area is 213 Å². The van der Waals surface area contributed by atoms with Gasteiger partial charge in [-0.3, -0.25) is 14.9 Å². The molecule has 0 saturated heterocycles. The molecule has 192 valence electrons. The lowest BCUT2D eigenvalue weighted by Gasteiger charge is -2.22. The lowest BCUT2D eigenvalue weighted by Crippen LogP contribution is -2.53. The van der Waals surface area contributed by atoms with Crippen molar-refractivity contribution in [2.24, 2.45) is 0 Å². The summed E-state index contributed by atoms with van der Waals surface area (Å²) in [6.45, 7) is 0.00874. The first-order valence-electron chi connectivity index (χ1n) is 11.5. The third-order valence-corrected chi connectivity index (χ3v) is 5.52. The summed E-state index contributed by atoms with van der Waals surface area (Å²) in [5, 5.41) is 16.5. The molecule has 0 saturated carbocycles. The quantitative estimate of drug-likeness (QED) is 0.232. The normalized spacial score (nSPS) is 12.0. The van der Waals surface area contributed by atoms with Crippen LogP contribution < -0.4 is 10.6 Å². The molecule has 0 spiro atoms. The Morgan fingerprint density at radius 3 is 2.03 bits per heavy atom. The highest BCUT2D eigenvalue weighted by molar-refractivity contribution is 5.90. The number of nitrogens with zero attached hydrogens (tertiary/aromatic N) is 1. The van der Waals surface area contributed by atoms with Gasteiger partial charge in [0, 0.05) is 24.5 Å². The number of hydrogen-bond acceptors (Lipinski definition) is 7. The van der Waals surface area contributed by atoms with Gasteiger partial charge < -0.3 is 20.1 Å². The van der Waals surface area contributed by atoms with Gasteiger partial charge in [-0.15, -0.1) is 0 Å². The van der Waals surface area contributed by atoms with E-state index in [4.69, 9.17) is 9.47 Å². The number of carbonyl (C=O) groups is 3. The van der Waals surface area contributed by atoms with Gasteiger partial charge >= 0.3 is 12.1 Å². The summed E-state index contributed by atoms with van der Waals surface area (Å²) in [7, 11) is 1.15. The minimum Gasteiger partial charge on any atom is -0.467 e. The number of carbonyl (C=O) groups excluding carboxylic acids is 3. The molecule has 0 aromatic heterocycles. The third-order valence-electron chi connectivity index (χ3n) is 5.52. The van der Waals surface area contributed by atoms with Gasteiger partial charge in [0.05, 0.1) is 12.0 Å². The number of methoxy groups -OCH3 is 1. The molecule has 2 amide bonds. The fourth-order valence-electron chi connectivity index (χ4n) is 3.66. The van der Waals surface area contributed by atoms with Crippen LogP contribution in [-0.4, -0.2) is 42.1 Å². The van der Waals surface area contributed by atoms with E-state index in [9.17, 15) is 24.5 Å². The average Bonchev–Trinajstić information content (AvgIpc) is 2.92. The number of para-hydroxylation sites is 1. The summed E-state index contributed by atoms with van der Waals surface area (Å²) >= 11 is 0. The number of ether oxygens (including phenoxy) is 2. The summed E-state index contributed by atoms with van der Waals surface area (Å²) in [4.78, 5) is 49.1. The standard InChI is InChI=1S/C27H27N3O7/c1-36-26(32)23(17-21-14-8-9-15-24(21)30(34)35)28-25(31)22(16-19-10-4-2-5-11-19)29-27(33)37-18-20-12-6-3-7-13-20/h2-15,22-23H,16-18H2,1H3,(H,28,31)(H,29,33)/t22-,23-/m0/s1. The van der Waals surface area contributed by atoms with E-state index in [1.54, 1.807) is 42.5 Å². The van der Waals surface area contributed by atoms with Crippen LogP contribution in [0.3, 0.4) is 0 Å². The second-order valence-corrected chi connectivity index (χ2v) is 8.12. The highest BCUT2D eigenvalue weighted by atomic mass is 16.6. The first-order valence-corrected chi connectivity index (χ1v) is 11.5. The smallest absolute Gasteiger partial charge is 0.408 e. The number of benzene rings is 3. The van der Waals surface area contributed by atoms with Gasteiger partial charge in [0.15, 0.2) is 0 Å². The molecule has 37 heavy (non-hydrogen) atoms. The van der Waals surface area contributed by atoms with Gasteiger partial charge in [-0.1, -0.05) is 78.9 Å². The van der Waals surface area contributed by atoms with E-state index < -0.39 is 35.0 Å². The second-order valence-electron chi connectivity index (χ2n) is 8.12. The maximum Gasteiger partial charge on any atom is 0.408 e. The summed E-state index contributed by atoms with van der Waals surface area (Å²) < 4.78 is 10.1. The van der Waals surface area contributed by atoms with Gasteiger partial charge in [-0.25, -0.2) is 9.59 Å². The molecule has 0 fully saturated rings. The lowest BCUT2D eigenvalue weighted by atomic mass is 10.0. The molecular formula is C27H27N3O7. The maximum absolute atomic E-state index is 13.3. The number of rotatable bonds is 11. The molecule has 2 atom stereocenters. The van der Waals surface area contributed by atoms with Crippen LogP contribution in [-0.2, 0) is 38.5 Å². The number of alkyl carbamates (subject to hydrolysis) is 1. The molecule has 10 nitrogen and oxygen atoms in total. The molecule has 10 heteroatoms. The van der Waals surface area contributed by atoms with E-state index in [-0.39, 0.29) is 30.7 Å². The number of nitro groups is 1. The zero-order valence-electron chi connectivity index (χ0n) is 20.2. The van der Waals surface area contributed by atoms with Crippen LogP contribution in [0.1, 0.15) is 16.7 Å². The molecule has 0 unspecified atom stereocenters. The number of amides is 2. The predicted octanol–water partition coefficient (Wildman–Crippen LogP) is 3.33. The molecule has 0 aliphatic rings. The molecule has 3 aromatic carbocycles. The molecule has 0 bridgehead atoms. The predicted molar refractivity (Wildman–Crippen MR) is 134 cm³/mol. The second kappa shape index (κ2) is 13.4. The Kier molecular flexibility index (Phi) is 9.72. The Morgan fingerprint density at radius 1 is 0.811 bits per heavy atom. The van der Waals surface area contributed by atoms with E-state index in [1.165, 1.54) is 18.2 Å². The molecule has 0 radical (unpaired) electrons. The van der Waals surface area contributed by atoms with Crippen LogP contribution in [0.15, 0.2) is 84.9 Å². The summed E-state index contributed by atoms with van der Waals surface area (Å²) in [6.07, 6.45) is -0.869. The Hall–Kier alpha value is -4.73. The zero-order valence-corrected chi connectivity index (χ0v) is 20.2. The summed E-state index contributed by atoms with van der Waals surface area (Å²) in [6, 6.07) is 21.7. The molecule has 3 rings (SSSR count). The molecule has 0 aliphatic carbocycles. The summed E-state index contributed by atoms with van der Waals surface area (Å²) in [5.41, 5.74) is 1.60. The first-order chi connectivity index (χ1) is 17.9. The monoisotopic (exact) mass is 505 g/mol. The van der Waals surface area contributed by atoms with Gasteiger partial charge in [0.2, 0.25) is 5.91 Å². The van der Waals surface area contributed by atoms with Crippen molar-refractivity contribution in [2.75, 3.05) is 7.11 Å². The Balaban J connectivity index is 1.76. The van der Waals surface area contributed by atoms with Crippen LogP contribution in [0.25, 0.3) is 0 Å². The van der Waals surface area contributed by atoms with E-state index in [0.29, 0.717) is 0 Å². The van der Waals surface area contributed by atoms with Gasteiger partial charge in [0.25, 0.3) is 5.69 Å². The van der Waals surface area contributed by atoms with Crippen molar-refractivity contribution in [1.82, 2.24) is 10.6 Å². The van der Waals surface area contributed by atoms with Crippen molar-refractivity contribution < 1.29 is 28.8 Å². The first kappa shape index (κ1) is 26.9. The van der Waals surface area contributed by atoms with Crippen molar-refractivity contribution in [3.05, 3.63) is 112 Å². The fraction of sp³-hybridized carbons (Fsp3) is 0.222. The molecule has 0 heterocycles. The minimum absolute atomic E-state index is 0.00874. The number of nitrogens with one attached hydrogen (secondary N) is 2. The van der Waals surface area contributed by atoms with Gasteiger partial charge in [0.1, 0.15) is 18.7 Å². The van der Waals surface area contributed by atoms with Crippen LogP contribution in [0.4, 0.5) is 10.5 Å². The van der Waals surface area contributed by atoms with Crippen LogP contribution in [0.5, 0.6) is 0 Å². The van der Waals surface area contributed by atoms with Crippen LogP contribution in [0.2, 0.25) is 0 Å². The van der Waals surface area contributed by atoms with E-state index in [2.05, 4.69) is 10.6 Å². The Morgan fingerprint density at radius 2 is 1.41 bits per heavy atom. The Bertz CT molecular complexity index is 1220. The third kappa shape index (κ3) is 8.17. The number of nitro benzene ring substituents is 1. The van der Waals surface area contributed by atoms with E-state index in [0.717, 1.165) is 18.2 Å². The SMILES string of the molecule is COC(=O)[C@H](Cc1ccccc1[N+](=O)[O-])NC(=O)[C@H](Cc1ccccc1)NC(=O)OCc1ccccc1. The largest absolute Gasteiger partial charge is 0.467 e.